The van der Waals surface area contributed by atoms with Crippen LogP contribution < -0.4 is 10.1 Å². The molecule has 180 valence electrons. The zero-order chi connectivity index (χ0) is 24.5. The zero-order valence-electron chi connectivity index (χ0n) is 19.7. The minimum Gasteiger partial charge on any atom is -0.497 e. The van der Waals surface area contributed by atoms with Crippen molar-refractivity contribution in [2.45, 2.75) is 29.3 Å². The van der Waals surface area contributed by atoms with Gasteiger partial charge in [0, 0.05) is 40.5 Å². The first-order chi connectivity index (χ1) is 17.7. The SMILES string of the molecule is COc1cccc(NC(=O)C(Sc2nnc(-c3c[nH]c4ccccc34)n2C2CC2)c2ccccc2)c1. The topological polar surface area (TPSA) is 84.8 Å². The number of rotatable bonds is 8. The number of methoxy groups -OCH3 is 1. The summed E-state index contributed by atoms with van der Waals surface area (Å²) in [6.45, 7) is 0. The summed E-state index contributed by atoms with van der Waals surface area (Å²) < 4.78 is 7.52. The summed E-state index contributed by atoms with van der Waals surface area (Å²) in [6, 6.07) is 25.7. The molecule has 7 nitrogen and oxygen atoms in total. The summed E-state index contributed by atoms with van der Waals surface area (Å²) in [5.74, 6) is 1.39. The van der Waals surface area contributed by atoms with Crippen LogP contribution in [0.15, 0.2) is 90.2 Å². The van der Waals surface area contributed by atoms with Gasteiger partial charge in [-0.05, 0) is 36.6 Å². The number of ether oxygens (including phenoxy) is 1. The Bertz CT molecular complexity index is 1520. The van der Waals surface area contributed by atoms with Gasteiger partial charge in [0.05, 0.1) is 7.11 Å². The number of hydrogen-bond donors (Lipinski definition) is 2. The molecule has 1 aliphatic carbocycles. The maximum atomic E-state index is 13.6. The summed E-state index contributed by atoms with van der Waals surface area (Å²) in [4.78, 5) is 16.9. The second kappa shape index (κ2) is 9.54. The molecule has 0 aliphatic heterocycles. The van der Waals surface area contributed by atoms with Gasteiger partial charge in [0.25, 0.3) is 0 Å². The smallest absolute Gasteiger partial charge is 0.242 e. The van der Waals surface area contributed by atoms with Gasteiger partial charge in [-0.15, -0.1) is 10.2 Å². The van der Waals surface area contributed by atoms with Gasteiger partial charge in [0.1, 0.15) is 11.0 Å². The number of fused-ring (bicyclic) bond motifs is 1. The number of benzene rings is 3. The van der Waals surface area contributed by atoms with E-state index >= 15 is 0 Å². The molecule has 0 radical (unpaired) electrons. The average Bonchev–Trinajstić information content (AvgIpc) is 3.53. The van der Waals surface area contributed by atoms with Crippen LogP contribution in [-0.4, -0.2) is 32.8 Å². The van der Waals surface area contributed by atoms with E-state index < -0.39 is 5.25 Å². The van der Waals surface area contributed by atoms with Gasteiger partial charge in [-0.3, -0.25) is 9.36 Å². The van der Waals surface area contributed by atoms with Gasteiger partial charge in [0.15, 0.2) is 11.0 Å². The molecule has 6 rings (SSSR count). The normalized spacial score (nSPS) is 14.0. The van der Waals surface area contributed by atoms with E-state index in [4.69, 9.17) is 4.74 Å². The lowest BCUT2D eigenvalue weighted by Crippen LogP contribution is -2.19. The van der Waals surface area contributed by atoms with Gasteiger partial charge >= 0.3 is 0 Å². The van der Waals surface area contributed by atoms with Crippen molar-refractivity contribution in [3.05, 3.63) is 90.6 Å². The van der Waals surface area contributed by atoms with Crippen LogP contribution in [0.2, 0.25) is 0 Å². The molecule has 1 aliphatic rings. The van der Waals surface area contributed by atoms with E-state index in [1.165, 1.54) is 11.8 Å². The number of H-pyrrole nitrogens is 1. The first kappa shape index (κ1) is 22.4. The minimum absolute atomic E-state index is 0.126. The molecule has 1 atom stereocenters. The summed E-state index contributed by atoms with van der Waals surface area (Å²) >= 11 is 1.43. The van der Waals surface area contributed by atoms with Gasteiger partial charge in [-0.25, -0.2) is 0 Å². The lowest BCUT2D eigenvalue weighted by Gasteiger charge is -2.18. The van der Waals surface area contributed by atoms with Crippen LogP contribution in [0.5, 0.6) is 5.75 Å². The van der Waals surface area contributed by atoms with Crippen molar-refractivity contribution in [2.75, 3.05) is 12.4 Å². The Morgan fingerprint density at radius 2 is 1.86 bits per heavy atom. The summed E-state index contributed by atoms with van der Waals surface area (Å²) in [7, 11) is 1.61. The van der Waals surface area contributed by atoms with Gasteiger partial charge in [-0.2, -0.15) is 0 Å². The Kier molecular flexibility index (Phi) is 5.95. The van der Waals surface area contributed by atoms with Gasteiger partial charge in [0.2, 0.25) is 5.91 Å². The second-order valence-corrected chi connectivity index (χ2v) is 9.86. The lowest BCUT2D eigenvalue weighted by molar-refractivity contribution is -0.115. The Hall–Kier alpha value is -4.04. The lowest BCUT2D eigenvalue weighted by atomic mass is 10.1. The highest BCUT2D eigenvalue weighted by Gasteiger charge is 2.33. The van der Waals surface area contributed by atoms with Crippen molar-refractivity contribution in [1.82, 2.24) is 19.7 Å². The van der Waals surface area contributed by atoms with E-state index in [1.54, 1.807) is 7.11 Å². The molecule has 0 spiro atoms. The van der Waals surface area contributed by atoms with Crippen LogP contribution in [0.25, 0.3) is 22.3 Å². The fourth-order valence-electron chi connectivity index (χ4n) is 4.37. The number of para-hydroxylation sites is 1. The second-order valence-electron chi connectivity index (χ2n) is 8.79. The summed E-state index contributed by atoms with van der Waals surface area (Å²) in [5, 5.41) is 13.6. The van der Waals surface area contributed by atoms with Gasteiger partial charge in [-0.1, -0.05) is 66.4 Å². The van der Waals surface area contributed by atoms with Crippen molar-refractivity contribution in [1.29, 1.82) is 0 Å². The Morgan fingerprint density at radius 1 is 1.06 bits per heavy atom. The molecular weight excluding hydrogens is 470 g/mol. The molecule has 1 unspecified atom stereocenters. The molecule has 1 amide bonds. The van der Waals surface area contributed by atoms with Crippen molar-refractivity contribution in [3.63, 3.8) is 0 Å². The van der Waals surface area contributed by atoms with Crippen LogP contribution in [-0.2, 0) is 4.79 Å². The van der Waals surface area contributed by atoms with E-state index in [0.29, 0.717) is 17.5 Å². The number of nitrogens with zero attached hydrogens (tertiary/aromatic N) is 3. The Labute approximate surface area is 212 Å². The van der Waals surface area contributed by atoms with Crippen LogP contribution in [0.3, 0.4) is 0 Å². The number of carbonyl (C=O) groups excluding carboxylic acids is 1. The van der Waals surface area contributed by atoms with E-state index in [0.717, 1.165) is 45.9 Å². The number of amides is 1. The molecule has 1 fully saturated rings. The Balaban J connectivity index is 1.36. The Morgan fingerprint density at radius 3 is 2.67 bits per heavy atom. The molecule has 0 bridgehead atoms. The third kappa shape index (κ3) is 4.35. The van der Waals surface area contributed by atoms with Crippen molar-refractivity contribution in [2.24, 2.45) is 0 Å². The van der Waals surface area contributed by atoms with E-state index in [-0.39, 0.29) is 5.91 Å². The molecule has 2 N–H and O–H groups in total. The standard InChI is InChI=1S/C28H25N5O2S/c1-35-21-11-7-10-19(16-21)30-27(34)25(18-8-3-2-4-9-18)36-28-32-31-26(33(28)20-14-15-20)23-17-29-24-13-6-5-12-22(23)24/h2-13,16-17,20,25,29H,14-15H2,1H3,(H,30,34). The molecule has 5 aromatic rings. The first-order valence-corrected chi connectivity index (χ1v) is 12.8. The van der Waals surface area contributed by atoms with Crippen LogP contribution >= 0.6 is 11.8 Å². The number of aromatic nitrogens is 4. The van der Waals surface area contributed by atoms with E-state index in [1.807, 2.05) is 72.9 Å². The van der Waals surface area contributed by atoms with E-state index in [9.17, 15) is 4.79 Å². The number of nitrogens with one attached hydrogen (secondary N) is 2. The van der Waals surface area contributed by atoms with Crippen LogP contribution in [0, 0.1) is 0 Å². The van der Waals surface area contributed by atoms with Crippen molar-refractivity contribution < 1.29 is 9.53 Å². The highest BCUT2D eigenvalue weighted by atomic mass is 32.2. The van der Waals surface area contributed by atoms with Crippen molar-refractivity contribution >= 4 is 34.3 Å². The van der Waals surface area contributed by atoms with Gasteiger partial charge < -0.3 is 15.0 Å². The monoisotopic (exact) mass is 495 g/mol. The molecule has 3 aromatic carbocycles. The highest BCUT2D eigenvalue weighted by Crippen LogP contribution is 2.45. The largest absolute Gasteiger partial charge is 0.497 e. The average molecular weight is 496 g/mol. The molecule has 36 heavy (non-hydrogen) atoms. The maximum absolute atomic E-state index is 13.6. The molecule has 2 aromatic heterocycles. The van der Waals surface area contributed by atoms with E-state index in [2.05, 4.69) is 37.2 Å². The zero-order valence-corrected chi connectivity index (χ0v) is 20.5. The third-order valence-corrected chi connectivity index (χ3v) is 7.52. The molecule has 2 heterocycles. The number of anilines is 1. The fourth-order valence-corrected chi connectivity index (χ4v) is 5.48. The predicted octanol–water partition coefficient (Wildman–Crippen LogP) is 6.24. The summed E-state index contributed by atoms with van der Waals surface area (Å²) in [5.41, 5.74) is 3.67. The quantitative estimate of drug-likeness (QED) is 0.249. The molecule has 1 saturated carbocycles. The highest BCUT2D eigenvalue weighted by molar-refractivity contribution is 8.00. The number of carbonyl (C=O) groups is 1. The summed E-state index contributed by atoms with van der Waals surface area (Å²) in [6.07, 6.45) is 4.14. The molecular formula is C28H25N5O2S. The fraction of sp³-hybridized carbons (Fsp3) is 0.179. The van der Waals surface area contributed by atoms with Crippen LogP contribution in [0.4, 0.5) is 5.69 Å². The van der Waals surface area contributed by atoms with Crippen LogP contribution in [0.1, 0.15) is 29.7 Å². The predicted molar refractivity (Wildman–Crippen MR) is 142 cm³/mol. The number of hydrogen-bond acceptors (Lipinski definition) is 5. The third-order valence-electron chi connectivity index (χ3n) is 6.31. The maximum Gasteiger partial charge on any atom is 0.242 e. The molecule has 0 saturated heterocycles. The number of aromatic amines is 1. The van der Waals surface area contributed by atoms with Crippen molar-refractivity contribution in [3.8, 4) is 17.1 Å². The number of thioether (sulfide) groups is 1. The molecule has 8 heteroatoms. The minimum atomic E-state index is -0.505. The first-order valence-electron chi connectivity index (χ1n) is 11.9.